The maximum Gasteiger partial charge on any atom is 0.0945 e. The monoisotopic (exact) mass is 286 g/mol. The molecule has 0 radical (unpaired) electrons. The average molecular weight is 287 g/mol. The SMILES string of the molecule is CCCCCCn1ccnc1.CN.CN.Cl.Cl. The van der Waals surface area contributed by atoms with Gasteiger partial charge in [-0.2, -0.15) is 0 Å². The first-order valence-electron chi connectivity index (χ1n) is 5.54. The average Bonchev–Trinajstić information content (AvgIpc) is 2.83. The molecule has 1 rings (SSSR count). The van der Waals surface area contributed by atoms with Gasteiger partial charge in [0.05, 0.1) is 6.33 Å². The Morgan fingerprint density at radius 1 is 1.00 bits per heavy atom. The standard InChI is InChI=1S/C9H16N2.2CH5N.2ClH/c1-2-3-4-5-7-11-8-6-10-9-11;2*1-2;;/h6,8-9H,2-5,7H2,1H3;2*2H2,1H3;2*1H. The molecule has 0 aliphatic rings. The Balaban J connectivity index is -0.000000128. The molecule has 0 aliphatic heterocycles. The highest BCUT2D eigenvalue weighted by Crippen LogP contribution is 2.00. The van der Waals surface area contributed by atoms with Gasteiger partial charge in [0.25, 0.3) is 0 Å². The number of aromatic nitrogens is 2. The van der Waals surface area contributed by atoms with Crippen molar-refractivity contribution in [3.63, 3.8) is 0 Å². The number of aryl methyl sites for hydroxylation is 1. The topological polar surface area (TPSA) is 69.9 Å². The van der Waals surface area contributed by atoms with E-state index in [1.54, 1.807) is 0 Å². The van der Waals surface area contributed by atoms with Gasteiger partial charge in [0.1, 0.15) is 0 Å². The van der Waals surface area contributed by atoms with Crippen LogP contribution in [0.25, 0.3) is 0 Å². The van der Waals surface area contributed by atoms with Gasteiger partial charge in [-0.05, 0) is 20.5 Å². The molecule has 17 heavy (non-hydrogen) atoms. The van der Waals surface area contributed by atoms with Crippen LogP contribution < -0.4 is 11.5 Å². The lowest BCUT2D eigenvalue weighted by Gasteiger charge is -1.99. The van der Waals surface area contributed by atoms with Crippen molar-refractivity contribution in [3.05, 3.63) is 18.7 Å². The summed E-state index contributed by atoms with van der Waals surface area (Å²) in [5.74, 6) is 0. The maximum absolute atomic E-state index is 4.50. The van der Waals surface area contributed by atoms with E-state index >= 15 is 0 Å². The second kappa shape index (κ2) is 24.8. The molecule has 0 atom stereocenters. The summed E-state index contributed by atoms with van der Waals surface area (Å²) in [6.07, 6.45) is 11.0. The zero-order valence-electron chi connectivity index (χ0n) is 11.1. The molecule has 0 bridgehead atoms. The summed E-state index contributed by atoms with van der Waals surface area (Å²) in [6, 6.07) is 0. The van der Waals surface area contributed by atoms with E-state index < -0.39 is 0 Å². The van der Waals surface area contributed by atoms with Gasteiger partial charge in [-0.25, -0.2) is 4.98 Å². The van der Waals surface area contributed by atoms with Gasteiger partial charge in [-0.3, -0.25) is 0 Å². The van der Waals surface area contributed by atoms with E-state index in [0.717, 1.165) is 6.54 Å². The Kier molecular flexibility index (Phi) is 37.2. The molecule has 106 valence electrons. The number of hydrogen-bond acceptors (Lipinski definition) is 3. The third-order valence-corrected chi connectivity index (χ3v) is 1.83. The summed E-state index contributed by atoms with van der Waals surface area (Å²) in [7, 11) is 3.00. The van der Waals surface area contributed by atoms with E-state index in [9.17, 15) is 0 Å². The predicted molar refractivity (Wildman–Crippen MR) is 81.1 cm³/mol. The van der Waals surface area contributed by atoms with Crippen molar-refractivity contribution in [3.8, 4) is 0 Å². The first kappa shape index (κ1) is 25.5. The number of nitrogens with zero attached hydrogens (tertiary/aromatic N) is 2. The summed E-state index contributed by atoms with van der Waals surface area (Å²) in [5.41, 5.74) is 9.00. The summed E-state index contributed by atoms with van der Waals surface area (Å²) < 4.78 is 2.13. The molecule has 4 N–H and O–H groups in total. The van der Waals surface area contributed by atoms with Crippen LogP contribution in [0.1, 0.15) is 32.6 Å². The molecule has 0 saturated carbocycles. The summed E-state index contributed by atoms with van der Waals surface area (Å²) in [6.45, 7) is 3.36. The predicted octanol–water partition coefficient (Wildman–Crippen LogP) is 2.46. The van der Waals surface area contributed by atoms with Crippen molar-refractivity contribution in [2.45, 2.75) is 39.2 Å². The number of imidazole rings is 1. The highest BCUT2D eigenvalue weighted by molar-refractivity contribution is 5.85. The molecule has 1 aromatic rings. The zero-order chi connectivity index (χ0) is 11.9. The lowest BCUT2D eigenvalue weighted by molar-refractivity contribution is 0.582. The van der Waals surface area contributed by atoms with E-state index in [1.165, 1.54) is 39.8 Å². The van der Waals surface area contributed by atoms with Crippen LogP contribution in [-0.2, 0) is 6.54 Å². The molecule has 1 heterocycles. The third-order valence-electron chi connectivity index (χ3n) is 1.83. The van der Waals surface area contributed by atoms with Crippen LogP contribution in [0.2, 0.25) is 0 Å². The Hall–Kier alpha value is -0.290. The number of nitrogens with two attached hydrogens (primary N) is 2. The maximum atomic E-state index is 4.50. The van der Waals surface area contributed by atoms with Crippen molar-refractivity contribution in [2.75, 3.05) is 14.1 Å². The molecular formula is C11H28Cl2N4. The van der Waals surface area contributed by atoms with Crippen molar-refractivity contribution in [1.82, 2.24) is 9.55 Å². The Bertz CT molecular complexity index is 182. The van der Waals surface area contributed by atoms with Gasteiger partial charge in [0.15, 0.2) is 0 Å². The van der Waals surface area contributed by atoms with Crippen LogP contribution in [0.5, 0.6) is 0 Å². The van der Waals surface area contributed by atoms with Gasteiger partial charge in [-0.1, -0.05) is 26.2 Å². The summed E-state index contributed by atoms with van der Waals surface area (Å²) in [4.78, 5) is 3.98. The molecule has 4 nitrogen and oxygen atoms in total. The molecule has 0 aromatic carbocycles. The molecule has 0 saturated heterocycles. The molecular weight excluding hydrogens is 259 g/mol. The Labute approximate surface area is 118 Å². The van der Waals surface area contributed by atoms with Gasteiger partial charge in [-0.15, -0.1) is 24.8 Å². The van der Waals surface area contributed by atoms with Gasteiger partial charge >= 0.3 is 0 Å². The quantitative estimate of drug-likeness (QED) is 0.817. The minimum Gasteiger partial charge on any atom is -0.337 e. The third kappa shape index (κ3) is 18.3. The second-order valence-electron chi connectivity index (χ2n) is 2.86. The zero-order valence-corrected chi connectivity index (χ0v) is 12.8. The van der Waals surface area contributed by atoms with Crippen LogP contribution >= 0.6 is 24.8 Å². The fourth-order valence-corrected chi connectivity index (χ4v) is 1.14. The van der Waals surface area contributed by atoms with E-state index in [-0.39, 0.29) is 24.8 Å². The molecule has 0 spiro atoms. The molecule has 0 amide bonds. The molecule has 6 heteroatoms. The molecule has 0 fully saturated rings. The molecule has 1 aromatic heterocycles. The summed E-state index contributed by atoms with van der Waals surface area (Å²) >= 11 is 0. The van der Waals surface area contributed by atoms with Crippen molar-refractivity contribution >= 4 is 24.8 Å². The number of rotatable bonds is 5. The van der Waals surface area contributed by atoms with E-state index in [0.29, 0.717) is 0 Å². The fourth-order valence-electron chi connectivity index (χ4n) is 1.14. The van der Waals surface area contributed by atoms with Crippen LogP contribution in [0.4, 0.5) is 0 Å². The normalized spacial score (nSPS) is 7.35. The minimum absolute atomic E-state index is 0. The highest BCUT2D eigenvalue weighted by Gasteiger charge is 1.89. The summed E-state index contributed by atoms with van der Waals surface area (Å²) in [5, 5.41) is 0. The first-order chi connectivity index (χ1) is 7.43. The van der Waals surface area contributed by atoms with Crippen LogP contribution in [0.15, 0.2) is 18.7 Å². The van der Waals surface area contributed by atoms with Crippen molar-refractivity contribution < 1.29 is 0 Å². The fraction of sp³-hybridized carbons (Fsp3) is 0.727. The van der Waals surface area contributed by atoms with Crippen molar-refractivity contribution in [2.24, 2.45) is 11.5 Å². The Morgan fingerprint density at radius 3 is 2.00 bits per heavy atom. The van der Waals surface area contributed by atoms with Gasteiger partial charge in [0, 0.05) is 18.9 Å². The number of halogens is 2. The first-order valence-corrected chi connectivity index (χ1v) is 5.54. The lowest BCUT2D eigenvalue weighted by Crippen LogP contribution is -1.93. The van der Waals surface area contributed by atoms with E-state index in [4.69, 9.17) is 0 Å². The number of unbranched alkanes of at least 4 members (excludes halogenated alkanes) is 3. The largest absolute Gasteiger partial charge is 0.337 e. The van der Waals surface area contributed by atoms with Gasteiger partial charge < -0.3 is 16.0 Å². The van der Waals surface area contributed by atoms with Gasteiger partial charge in [0.2, 0.25) is 0 Å². The van der Waals surface area contributed by atoms with Crippen LogP contribution in [0, 0.1) is 0 Å². The second-order valence-corrected chi connectivity index (χ2v) is 2.86. The van der Waals surface area contributed by atoms with E-state index in [2.05, 4.69) is 27.9 Å². The van der Waals surface area contributed by atoms with Crippen LogP contribution in [0.3, 0.4) is 0 Å². The van der Waals surface area contributed by atoms with Crippen LogP contribution in [-0.4, -0.2) is 23.6 Å². The highest BCUT2D eigenvalue weighted by atomic mass is 35.5. The van der Waals surface area contributed by atoms with E-state index in [1.807, 2.05) is 18.7 Å². The Morgan fingerprint density at radius 2 is 1.59 bits per heavy atom. The lowest BCUT2D eigenvalue weighted by atomic mass is 10.2. The van der Waals surface area contributed by atoms with Crippen molar-refractivity contribution in [1.29, 1.82) is 0 Å². The molecule has 0 aliphatic carbocycles. The minimum atomic E-state index is 0. The molecule has 0 unspecified atom stereocenters. The smallest absolute Gasteiger partial charge is 0.0945 e. The number of hydrogen-bond donors (Lipinski definition) is 2.